The van der Waals surface area contributed by atoms with Gasteiger partial charge >= 0.3 is 5.97 Å². The number of thiazole rings is 1. The summed E-state index contributed by atoms with van der Waals surface area (Å²) >= 11 is 7.48. The second kappa shape index (κ2) is 10.7. The molecule has 0 bridgehead atoms. The Bertz CT molecular complexity index is 1370. The quantitative estimate of drug-likeness (QED) is 0.160. The first kappa shape index (κ1) is 23.7. The smallest absolute Gasteiger partial charge is 0.338 e. The minimum absolute atomic E-state index is 0.338. The van der Waals surface area contributed by atoms with E-state index in [1.165, 1.54) is 17.4 Å². The number of benzene rings is 2. The van der Waals surface area contributed by atoms with E-state index < -0.39 is 0 Å². The molecule has 2 aromatic heterocycles. The number of anilines is 1. The van der Waals surface area contributed by atoms with Gasteiger partial charge < -0.3 is 9.15 Å². The number of hydrogen-bond acceptors (Lipinski definition) is 6. The maximum Gasteiger partial charge on any atom is 0.338 e. The molecule has 0 spiro atoms. The molecule has 0 radical (unpaired) electrons. The molecule has 0 aliphatic carbocycles. The van der Waals surface area contributed by atoms with Crippen LogP contribution in [0.2, 0.25) is 5.02 Å². The summed E-state index contributed by atoms with van der Waals surface area (Å²) in [6, 6.07) is 14.5. The normalized spacial score (nSPS) is 11.3. The molecule has 0 atom stereocenters. The van der Waals surface area contributed by atoms with Gasteiger partial charge in [-0.2, -0.15) is 0 Å². The van der Waals surface area contributed by atoms with Crippen LogP contribution in [0.5, 0.6) is 0 Å². The van der Waals surface area contributed by atoms with Crippen LogP contribution >= 0.6 is 22.9 Å². The molecular weight excluding hydrogens is 472 g/mol. The largest absolute Gasteiger partial charge is 0.462 e. The fraction of sp³-hybridized carbons (Fsp3) is 0.192. The van der Waals surface area contributed by atoms with Crippen molar-refractivity contribution in [3.05, 3.63) is 76.5 Å². The monoisotopic (exact) mass is 494 g/mol. The Morgan fingerprint density at radius 2 is 2.03 bits per heavy atom. The lowest BCUT2D eigenvalue weighted by molar-refractivity contribution is -0.111. The van der Waals surface area contributed by atoms with Crippen LogP contribution in [0.1, 0.15) is 41.4 Å². The molecule has 0 aliphatic heterocycles. The van der Waals surface area contributed by atoms with Crippen LogP contribution in [0, 0.1) is 6.92 Å². The van der Waals surface area contributed by atoms with E-state index in [1.54, 1.807) is 30.3 Å². The van der Waals surface area contributed by atoms with E-state index >= 15 is 0 Å². The molecule has 2 heterocycles. The molecule has 34 heavy (non-hydrogen) atoms. The van der Waals surface area contributed by atoms with Gasteiger partial charge in [-0.3, -0.25) is 10.1 Å². The van der Waals surface area contributed by atoms with Gasteiger partial charge in [-0.05, 0) is 61.4 Å². The number of amides is 1. The summed E-state index contributed by atoms with van der Waals surface area (Å²) in [5.41, 5.74) is 3.02. The number of carbonyl (C=O) groups excluding carboxylic acids is 2. The van der Waals surface area contributed by atoms with E-state index in [9.17, 15) is 9.59 Å². The van der Waals surface area contributed by atoms with Crippen molar-refractivity contribution in [1.29, 1.82) is 0 Å². The lowest BCUT2D eigenvalue weighted by Crippen LogP contribution is -2.07. The van der Waals surface area contributed by atoms with Crippen molar-refractivity contribution < 1.29 is 18.7 Å². The molecule has 0 unspecified atom stereocenters. The number of nitrogens with zero attached hydrogens (tertiary/aromatic N) is 1. The number of aryl methyl sites for hydroxylation is 1. The number of fused-ring (bicyclic) bond motifs is 1. The van der Waals surface area contributed by atoms with Gasteiger partial charge in [0.05, 0.1) is 22.4 Å². The van der Waals surface area contributed by atoms with Gasteiger partial charge in [0.2, 0.25) is 5.91 Å². The Morgan fingerprint density at radius 1 is 1.18 bits per heavy atom. The standard InChI is InChI=1S/C26H23ClN2O4S/c1-3-4-13-32-25(31)18-7-10-21-23(15-18)34-26(28-21)29-24(30)12-9-19-8-11-22(33-19)17-6-5-16(2)20(27)14-17/h5-12,14-15H,3-4,13H2,1-2H3,(H,28,29,30)/b12-9+. The average molecular weight is 495 g/mol. The van der Waals surface area contributed by atoms with Gasteiger partial charge in [-0.1, -0.05) is 48.4 Å². The zero-order valence-electron chi connectivity index (χ0n) is 18.8. The van der Waals surface area contributed by atoms with Gasteiger partial charge in [0.15, 0.2) is 5.13 Å². The van der Waals surface area contributed by atoms with Gasteiger partial charge in [0.25, 0.3) is 0 Å². The van der Waals surface area contributed by atoms with E-state index in [2.05, 4.69) is 10.3 Å². The Kier molecular flexibility index (Phi) is 7.45. The van der Waals surface area contributed by atoms with Crippen molar-refractivity contribution in [3.8, 4) is 11.3 Å². The lowest BCUT2D eigenvalue weighted by atomic mass is 10.1. The number of furan rings is 1. The summed E-state index contributed by atoms with van der Waals surface area (Å²) < 4.78 is 11.8. The van der Waals surface area contributed by atoms with E-state index in [-0.39, 0.29) is 11.9 Å². The van der Waals surface area contributed by atoms with Crippen molar-refractivity contribution in [3.63, 3.8) is 0 Å². The van der Waals surface area contributed by atoms with E-state index in [0.29, 0.717) is 39.4 Å². The highest BCUT2D eigenvalue weighted by atomic mass is 35.5. The molecule has 0 saturated carbocycles. The summed E-state index contributed by atoms with van der Waals surface area (Å²) in [5.74, 6) is 0.507. The third-order valence-electron chi connectivity index (χ3n) is 5.07. The molecule has 1 N–H and O–H groups in total. The van der Waals surface area contributed by atoms with Gasteiger partial charge in [-0.25, -0.2) is 9.78 Å². The number of hydrogen-bond donors (Lipinski definition) is 1. The minimum Gasteiger partial charge on any atom is -0.462 e. The first-order valence-electron chi connectivity index (χ1n) is 10.9. The van der Waals surface area contributed by atoms with Crippen LogP contribution < -0.4 is 5.32 Å². The second-order valence-electron chi connectivity index (χ2n) is 7.68. The van der Waals surface area contributed by atoms with Crippen LogP contribution in [0.25, 0.3) is 27.6 Å². The van der Waals surface area contributed by atoms with E-state index in [4.69, 9.17) is 20.8 Å². The molecule has 0 saturated heterocycles. The number of halogens is 1. The zero-order chi connectivity index (χ0) is 24.1. The number of ether oxygens (including phenoxy) is 1. The fourth-order valence-electron chi connectivity index (χ4n) is 3.15. The molecule has 174 valence electrons. The topological polar surface area (TPSA) is 81.4 Å². The molecule has 6 nitrogen and oxygen atoms in total. The fourth-order valence-corrected chi connectivity index (χ4v) is 4.23. The maximum atomic E-state index is 12.4. The predicted octanol–water partition coefficient (Wildman–Crippen LogP) is 7.13. The van der Waals surface area contributed by atoms with Crippen LogP contribution in [-0.4, -0.2) is 23.5 Å². The molecule has 1 amide bonds. The molecule has 8 heteroatoms. The number of esters is 1. The van der Waals surface area contributed by atoms with Crippen molar-refractivity contribution in [2.45, 2.75) is 26.7 Å². The highest BCUT2D eigenvalue weighted by molar-refractivity contribution is 7.22. The van der Waals surface area contributed by atoms with Crippen molar-refractivity contribution in [2.24, 2.45) is 0 Å². The van der Waals surface area contributed by atoms with Crippen LogP contribution in [0.4, 0.5) is 5.13 Å². The highest BCUT2D eigenvalue weighted by Crippen LogP contribution is 2.28. The number of nitrogens with one attached hydrogen (secondary N) is 1. The summed E-state index contributed by atoms with van der Waals surface area (Å²) in [4.78, 5) is 28.9. The first-order valence-corrected chi connectivity index (χ1v) is 12.1. The van der Waals surface area contributed by atoms with Crippen LogP contribution in [0.3, 0.4) is 0 Å². The maximum absolute atomic E-state index is 12.4. The summed E-state index contributed by atoms with van der Waals surface area (Å²) in [6.45, 7) is 4.38. The van der Waals surface area contributed by atoms with Gasteiger partial charge in [0, 0.05) is 16.7 Å². The number of carbonyl (C=O) groups is 2. The predicted molar refractivity (Wildman–Crippen MR) is 136 cm³/mol. The summed E-state index contributed by atoms with van der Waals surface area (Å²) in [6.07, 6.45) is 4.76. The Labute approximate surface area is 206 Å². The SMILES string of the molecule is CCCCOC(=O)c1ccc2nc(NC(=O)/C=C/c3ccc(-c4ccc(C)c(Cl)c4)o3)sc2c1. The van der Waals surface area contributed by atoms with E-state index in [0.717, 1.165) is 28.7 Å². The average Bonchev–Trinajstić information content (AvgIpc) is 3.45. The lowest BCUT2D eigenvalue weighted by Gasteiger charge is -2.03. The van der Waals surface area contributed by atoms with E-state index in [1.807, 2.05) is 38.1 Å². The Balaban J connectivity index is 1.39. The van der Waals surface area contributed by atoms with Crippen molar-refractivity contribution in [1.82, 2.24) is 4.98 Å². The highest BCUT2D eigenvalue weighted by Gasteiger charge is 2.12. The van der Waals surface area contributed by atoms with Crippen LogP contribution in [-0.2, 0) is 9.53 Å². The molecule has 4 rings (SSSR count). The summed E-state index contributed by atoms with van der Waals surface area (Å²) in [7, 11) is 0. The van der Waals surface area contributed by atoms with Crippen LogP contribution in [0.15, 0.2) is 59.0 Å². The molecule has 4 aromatic rings. The number of unbranched alkanes of at least 4 members (excludes halogenated alkanes) is 1. The number of aromatic nitrogens is 1. The van der Waals surface area contributed by atoms with Gasteiger partial charge in [0.1, 0.15) is 11.5 Å². The molecular formula is C26H23ClN2O4S. The number of rotatable bonds is 8. The third kappa shape index (κ3) is 5.73. The first-order chi connectivity index (χ1) is 16.4. The molecule has 0 aliphatic rings. The van der Waals surface area contributed by atoms with Crippen molar-refractivity contribution >= 4 is 56.2 Å². The third-order valence-corrected chi connectivity index (χ3v) is 6.41. The second-order valence-corrected chi connectivity index (χ2v) is 9.12. The minimum atomic E-state index is -0.358. The molecule has 0 fully saturated rings. The molecule has 2 aromatic carbocycles. The zero-order valence-corrected chi connectivity index (χ0v) is 20.3. The van der Waals surface area contributed by atoms with Gasteiger partial charge in [-0.15, -0.1) is 0 Å². The Morgan fingerprint density at radius 3 is 2.82 bits per heavy atom. The van der Waals surface area contributed by atoms with Crippen molar-refractivity contribution in [2.75, 3.05) is 11.9 Å². The summed E-state index contributed by atoms with van der Waals surface area (Å²) in [5, 5.41) is 3.86. The Hall–Kier alpha value is -3.42.